The molecular weight excluding hydrogens is 256 g/mol. The van der Waals surface area contributed by atoms with E-state index in [1.54, 1.807) is 14.0 Å². The molecule has 0 radical (unpaired) electrons. The van der Waals surface area contributed by atoms with Gasteiger partial charge in [0.15, 0.2) is 0 Å². The average Bonchev–Trinajstić information content (AvgIpc) is 2.46. The normalized spacial score (nSPS) is 13.4. The minimum absolute atomic E-state index is 0.176. The number of hydrogen-bond acceptors (Lipinski definition) is 4. The average molecular weight is 278 g/mol. The van der Waals surface area contributed by atoms with Crippen LogP contribution in [0.3, 0.4) is 0 Å². The molecule has 110 valence electrons. The summed E-state index contributed by atoms with van der Waals surface area (Å²) >= 11 is 0. The van der Waals surface area contributed by atoms with Crippen molar-refractivity contribution in [2.24, 2.45) is 11.7 Å². The van der Waals surface area contributed by atoms with Crippen LogP contribution in [0.15, 0.2) is 30.3 Å². The van der Waals surface area contributed by atoms with Gasteiger partial charge in [-0.2, -0.15) is 0 Å². The van der Waals surface area contributed by atoms with Gasteiger partial charge in [0, 0.05) is 13.6 Å². The Labute approximate surface area is 119 Å². The molecule has 0 heterocycles. The van der Waals surface area contributed by atoms with E-state index in [-0.39, 0.29) is 17.8 Å². The molecular formula is C15H22N2O3. The van der Waals surface area contributed by atoms with Crippen molar-refractivity contribution in [2.45, 2.75) is 19.4 Å². The van der Waals surface area contributed by atoms with Crippen molar-refractivity contribution < 1.29 is 14.3 Å². The van der Waals surface area contributed by atoms with Crippen molar-refractivity contribution in [1.29, 1.82) is 0 Å². The first kappa shape index (κ1) is 16.2. The van der Waals surface area contributed by atoms with Crippen LogP contribution in [0.25, 0.3) is 0 Å². The maximum atomic E-state index is 12.1. The molecule has 5 heteroatoms. The van der Waals surface area contributed by atoms with Crippen LogP contribution in [0.4, 0.5) is 0 Å². The van der Waals surface area contributed by atoms with E-state index in [1.165, 1.54) is 12.0 Å². The summed E-state index contributed by atoms with van der Waals surface area (Å²) in [7, 11) is 2.98. The van der Waals surface area contributed by atoms with Crippen LogP contribution >= 0.6 is 0 Å². The molecule has 2 atom stereocenters. The SMILES string of the molecule is COC(=O)C(C)CN(C)C(=O)[C@@H](N)Cc1ccccc1. The molecule has 0 aliphatic carbocycles. The topological polar surface area (TPSA) is 72.6 Å². The number of nitrogens with zero attached hydrogens (tertiary/aromatic N) is 1. The number of benzene rings is 1. The zero-order chi connectivity index (χ0) is 15.1. The Balaban J connectivity index is 2.53. The van der Waals surface area contributed by atoms with Crippen LogP contribution in [0.1, 0.15) is 12.5 Å². The first-order chi connectivity index (χ1) is 9.45. The smallest absolute Gasteiger partial charge is 0.310 e. The molecule has 1 amide bonds. The maximum absolute atomic E-state index is 12.1. The Morgan fingerprint density at radius 3 is 2.45 bits per heavy atom. The maximum Gasteiger partial charge on any atom is 0.310 e. The highest BCUT2D eigenvalue weighted by molar-refractivity contribution is 5.82. The van der Waals surface area contributed by atoms with Gasteiger partial charge in [-0.3, -0.25) is 9.59 Å². The van der Waals surface area contributed by atoms with Gasteiger partial charge in [-0.1, -0.05) is 37.3 Å². The fourth-order valence-electron chi connectivity index (χ4n) is 2.01. The summed E-state index contributed by atoms with van der Waals surface area (Å²) in [4.78, 5) is 25.0. The van der Waals surface area contributed by atoms with Crippen LogP contribution in [-0.2, 0) is 20.7 Å². The standard InChI is InChI=1S/C15H22N2O3/c1-11(15(19)20-3)10-17(2)14(18)13(16)9-12-7-5-4-6-8-12/h4-8,11,13H,9-10,16H2,1-3H3/t11?,13-/m0/s1. The molecule has 2 N–H and O–H groups in total. The molecule has 0 saturated heterocycles. The third-order valence-electron chi connectivity index (χ3n) is 3.14. The summed E-state index contributed by atoms with van der Waals surface area (Å²) in [5, 5.41) is 0. The third-order valence-corrected chi connectivity index (χ3v) is 3.14. The van der Waals surface area contributed by atoms with Gasteiger partial charge < -0.3 is 15.4 Å². The van der Waals surface area contributed by atoms with Gasteiger partial charge in [0.25, 0.3) is 0 Å². The van der Waals surface area contributed by atoms with Crippen LogP contribution < -0.4 is 5.73 Å². The summed E-state index contributed by atoms with van der Waals surface area (Å²) in [6.45, 7) is 2.02. The number of nitrogens with two attached hydrogens (primary N) is 1. The Morgan fingerprint density at radius 2 is 1.90 bits per heavy atom. The summed E-state index contributed by atoms with van der Waals surface area (Å²) in [5.41, 5.74) is 6.94. The van der Waals surface area contributed by atoms with Crippen LogP contribution in [0.2, 0.25) is 0 Å². The number of ether oxygens (including phenoxy) is 1. The molecule has 1 unspecified atom stereocenters. The lowest BCUT2D eigenvalue weighted by Crippen LogP contribution is -2.45. The monoisotopic (exact) mass is 278 g/mol. The van der Waals surface area contributed by atoms with Gasteiger partial charge >= 0.3 is 5.97 Å². The molecule has 5 nitrogen and oxygen atoms in total. The predicted molar refractivity (Wildman–Crippen MR) is 76.9 cm³/mol. The van der Waals surface area contributed by atoms with E-state index in [4.69, 9.17) is 5.73 Å². The van der Waals surface area contributed by atoms with Crippen molar-refractivity contribution in [1.82, 2.24) is 4.90 Å². The van der Waals surface area contributed by atoms with Crippen molar-refractivity contribution in [2.75, 3.05) is 20.7 Å². The number of amides is 1. The fourth-order valence-corrected chi connectivity index (χ4v) is 2.01. The van der Waals surface area contributed by atoms with E-state index in [9.17, 15) is 9.59 Å². The second-order valence-corrected chi connectivity index (χ2v) is 4.94. The summed E-state index contributed by atoms with van der Waals surface area (Å²) in [6.07, 6.45) is 0.483. The predicted octanol–water partition coefficient (Wildman–Crippen LogP) is 0.824. The Kier molecular flexibility index (Phi) is 6.18. The summed E-state index contributed by atoms with van der Waals surface area (Å²) < 4.78 is 4.64. The van der Waals surface area contributed by atoms with Gasteiger partial charge in [-0.25, -0.2) is 0 Å². The largest absolute Gasteiger partial charge is 0.469 e. The van der Waals surface area contributed by atoms with Crippen molar-refractivity contribution in [3.63, 3.8) is 0 Å². The number of hydrogen-bond donors (Lipinski definition) is 1. The molecule has 0 bridgehead atoms. The van der Waals surface area contributed by atoms with Crippen LogP contribution in [-0.4, -0.2) is 43.5 Å². The van der Waals surface area contributed by atoms with Gasteiger partial charge in [0.1, 0.15) is 0 Å². The number of carbonyl (C=O) groups is 2. The van der Waals surface area contributed by atoms with Gasteiger partial charge in [-0.15, -0.1) is 0 Å². The minimum Gasteiger partial charge on any atom is -0.469 e. The lowest BCUT2D eigenvalue weighted by atomic mass is 10.1. The molecule has 0 fully saturated rings. The second-order valence-electron chi connectivity index (χ2n) is 4.94. The summed E-state index contributed by atoms with van der Waals surface area (Å²) in [6, 6.07) is 9.01. The zero-order valence-electron chi connectivity index (χ0n) is 12.2. The molecule has 0 spiro atoms. The number of methoxy groups -OCH3 is 1. The van der Waals surface area contributed by atoms with Gasteiger partial charge in [0.2, 0.25) is 5.91 Å². The molecule has 1 aromatic carbocycles. The first-order valence-corrected chi connectivity index (χ1v) is 6.58. The molecule has 0 saturated carbocycles. The number of rotatable bonds is 6. The van der Waals surface area contributed by atoms with Crippen molar-refractivity contribution in [3.05, 3.63) is 35.9 Å². The van der Waals surface area contributed by atoms with E-state index in [1.807, 2.05) is 30.3 Å². The second kappa shape index (κ2) is 7.65. The van der Waals surface area contributed by atoms with Crippen LogP contribution in [0.5, 0.6) is 0 Å². The summed E-state index contributed by atoms with van der Waals surface area (Å²) in [5.74, 6) is -0.872. The molecule has 0 aliphatic heterocycles. The highest BCUT2D eigenvalue weighted by atomic mass is 16.5. The number of carbonyl (C=O) groups excluding carboxylic acids is 2. The van der Waals surface area contributed by atoms with Gasteiger partial charge in [0.05, 0.1) is 19.1 Å². The Bertz CT molecular complexity index is 448. The number of esters is 1. The number of likely N-dealkylation sites (N-methyl/N-ethyl adjacent to an activating group) is 1. The quantitative estimate of drug-likeness (QED) is 0.782. The highest BCUT2D eigenvalue weighted by Crippen LogP contribution is 2.06. The van der Waals surface area contributed by atoms with E-state index < -0.39 is 6.04 Å². The zero-order valence-corrected chi connectivity index (χ0v) is 12.2. The molecule has 20 heavy (non-hydrogen) atoms. The lowest BCUT2D eigenvalue weighted by molar-refractivity contribution is -0.146. The highest BCUT2D eigenvalue weighted by Gasteiger charge is 2.22. The van der Waals surface area contributed by atoms with Crippen molar-refractivity contribution in [3.8, 4) is 0 Å². The van der Waals surface area contributed by atoms with E-state index >= 15 is 0 Å². The Hall–Kier alpha value is -1.88. The van der Waals surface area contributed by atoms with E-state index in [0.717, 1.165) is 5.56 Å². The molecule has 1 rings (SSSR count). The van der Waals surface area contributed by atoms with Gasteiger partial charge in [-0.05, 0) is 12.0 Å². The minimum atomic E-state index is -0.604. The molecule has 1 aromatic rings. The first-order valence-electron chi connectivity index (χ1n) is 6.58. The molecule has 0 aromatic heterocycles. The van der Waals surface area contributed by atoms with Crippen LogP contribution in [0, 0.1) is 5.92 Å². The Morgan fingerprint density at radius 1 is 1.30 bits per heavy atom. The van der Waals surface area contributed by atoms with E-state index in [2.05, 4.69) is 4.74 Å². The van der Waals surface area contributed by atoms with E-state index in [0.29, 0.717) is 13.0 Å². The molecule has 0 aliphatic rings. The third kappa shape index (κ3) is 4.66. The fraction of sp³-hybridized carbons (Fsp3) is 0.467. The lowest BCUT2D eigenvalue weighted by Gasteiger charge is -2.23. The van der Waals surface area contributed by atoms with Crippen molar-refractivity contribution >= 4 is 11.9 Å².